The van der Waals surface area contributed by atoms with Gasteiger partial charge < -0.3 is 9.80 Å². The lowest BCUT2D eigenvalue weighted by molar-refractivity contribution is -0.133. The Bertz CT molecular complexity index is 954. The molecule has 0 spiro atoms. The highest BCUT2D eigenvalue weighted by Crippen LogP contribution is 2.19. The quantitative estimate of drug-likeness (QED) is 0.691. The van der Waals surface area contributed by atoms with Crippen molar-refractivity contribution in [2.45, 2.75) is 32.4 Å². The summed E-state index contributed by atoms with van der Waals surface area (Å²) in [5.74, 6) is 0.293. The minimum atomic E-state index is -0.265. The van der Waals surface area contributed by atoms with Crippen molar-refractivity contribution in [2.75, 3.05) is 13.1 Å². The predicted octanol–water partition coefficient (Wildman–Crippen LogP) is 1.78. The first-order chi connectivity index (χ1) is 13.7. The number of rotatable bonds is 4. The molecule has 3 aromatic rings. The van der Waals surface area contributed by atoms with Gasteiger partial charge in [-0.25, -0.2) is 9.50 Å². The minimum absolute atomic E-state index is 0.0469. The maximum absolute atomic E-state index is 13.0. The van der Waals surface area contributed by atoms with Gasteiger partial charge in [0.25, 0.3) is 11.7 Å². The minimum Gasteiger partial charge on any atom is -0.334 e. The molecule has 144 valence electrons. The SMILES string of the molecule is CC[C@@H]1CN(C(=O)c2nc3ncccn3n2)CCC(=O)N1Cc1ccccc1. The molecule has 0 bridgehead atoms. The Morgan fingerprint density at radius 2 is 2.04 bits per heavy atom. The Morgan fingerprint density at radius 1 is 1.21 bits per heavy atom. The van der Waals surface area contributed by atoms with Gasteiger partial charge in [0.1, 0.15) is 0 Å². The summed E-state index contributed by atoms with van der Waals surface area (Å²) < 4.78 is 1.48. The Morgan fingerprint density at radius 3 is 2.79 bits per heavy atom. The number of aromatic nitrogens is 4. The van der Waals surface area contributed by atoms with Gasteiger partial charge in [-0.15, -0.1) is 5.10 Å². The second-order valence-corrected chi connectivity index (χ2v) is 6.87. The Hall–Kier alpha value is -3.29. The molecule has 2 aromatic heterocycles. The van der Waals surface area contributed by atoms with Crippen molar-refractivity contribution < 1.29 is 9.59 Å². The fraction of sp³-hybridized carbons (Fsp3) is 0.350. The van der Waals surface area contributed by atoms with Gasteiger partial charge in [0.15, 0.2) is 0 Å². The molecule has 8 nitrogen and oxygen atoms in total. The fourth-order valence-corrected chi connectivity index (χ4v) is 3.52. The number of hydrogen-bond donors (Lipinski definition) is 0. The molecule has 1 atom stereocenters. The largest absolute Gasteiger partial charge is 0.334 e. The van der Waals surface area contributed by atoms with Crippen molar-refractivity contribution in [2.24, 2.45) is 0 Å². The highest BCUT2D eigenvalue weighted by molar-refractivity contribution is 5.91. The van der Waals surface area contributed by atoms with E-state index >= 15 is 0 Å². The van der Waals surface area contributed by atoms with Crippen molar-refractivity contribution in [1.82, 2.24) is 29.4 Å². The molecule has 0 radical (unpaired) electrons. The fourth-order valence-electron chi connectivity index (χ4n) is 3.52. The van der Waals surface area contributed by atoms with Gasteiger partial charge in [0.2, 0.25) is 11.7 Å². The second kappa shape index (κ2) is 7.75. The molecule has 1 aliphatic rings. The predicted molar refractivity (Wildman–Crippen MR) is 102 cm³/mol. The van der Waals surface area contributed by atoms with E-state index in [0.717, 1.165) is 12.0 Å². The normalized spacial score (nSPS) is 17.8. The number of benzene rings is 1. The average molecular weight is 378 g/mol. The van der Waals surface area contributed by atoms with Crippen molar-refractivity contribution in [3.05, 3.63) is 60.2 Å². The van der Waals surface area contributed by atoms with E-state index in [9.17, 15) is 9.59 Å². The highest BCUT2D eigenvalue weighted by atomic mass is 16.2. The van der Waals surface area contributed by atoms with Crippen molar-refractivity contribution >= 4 is 17.6 Å². The van der Waals surface area contributed by atoms with Crippen LogP contribution in [0.3, 0.4) is 0 Å². The molecular weight excluding hydrogens is 356 g/mol. The van der Waals surface area contributed by atoms with E-state index in [1.807, 2.05) is 42.2 Å². The van der Waals surface area contributed by atoms with Gasteiger partial charge in [-0.05, 0) is 18.1 Å². The van der Waals surface area contributed by atoms with Crippen LogP contribution in [0, 0.1) is 0 Å². The maximum Gasteiger partial charge on any atom is 0.293 e. The zero-order valence-electron chi connectivity index (χ0n) is 15.7. The van der Waals surface area contributed by atoms with Crippen LogP contribution in [0.2, 0.25) is 0 Å². The van der Waals surface area contributed by atoms with Gasteiger partial charge in [0, 0.05) is 44.5 Å². The van der Waals surface area contributed by atoms with E-state index in [2.05, 4.69) is 15.1 Å². The van der Waals surface area contributed by atoms with Gasteiger partial charge >= 0.3 is 0 Å². The number of nitrogens with zero attached hydrogens (tertiary/aromatic N) is 6. The van der Waals surface area contributed by atoms with E-state index in [-0.39, 0.29) is 23.7 Å². The molecule has 2 amide bonds. The molecule has 1 fully saturated rings. The first kappa shape index (κ1) is 18.1. The molecule has 0 aliphatic carbocycles. The molecule has 1 aliphatic heterocycles. The summed E-state index contributed by atoms with van der Waals surface area (Å²) in [7, 11) is 0. The van der Waals surface area contributed by atoms with Crippen molar-refractivity contribution in [1.29, 1.82) is 0 Å². The van der Waals surface area contributed by atoms with E-state index in [4.69, 9.17) is 0 Å². The van der Waals surface area contributed by atoms with Gasteiger partial charge in [-0.2, -0.15) is 4.98 Å². The Balaban J connectivity index is 1.55. The average Bonchev–Trinajstić information content (AvgIpc) is 3.10. The molecular formula is C20H22N6O2. The van der Waals surface area contributed by atoms with Crippen LogP contribution in [0.25, 0.3) is 5.78 Å². The van der Waals surface area contributed by atoms with Crippen LogP contribution in [-0.2, 0) is 11.3 Å². The number of carbonyl (C=O) groups excluding carboxylic acids is 2. The van der Waals surface area contributed by atoms with E-state index < -0.39 is 0 Å². The molecule has 3 heterocycles. The third-order valence-corrected chi connectivity index (χ3v) is 5.05. The van der Waals surface area contributed by atoms with Gasteiger partial charge in [0.05, 0.1) is 0 Å². The lowest BCUT2D eigenvalue weighted by atomic mass is 10.1. The van der Waals surface area contributed by atoms with E-state index in [1.54, 1.807) is 23.4 Å². The van der Waals surface area contributed by atoms with Crippen molar-refractivity contribution in [3.8, 4) is 0 Å². The summed E-state index contributed by atoms with van der Waals surface area (Å²) >= 11 is 0. The zero-order chi connectivity index (χ0) is 19.5. The lowest BCUT2D eigenvalue weighted by Crippen LogP contribution is -2.44. The first-order valence-corrected chi connectivity index (χ1v) is 9.45. The number of hydrogen-bond acceptors (Lipinski definition) is 5. The third kappa shape index (κ3) is 3.58. The second-order valence-electron chi connectivity index (χ2n) is 6.87. The van der Waals surface area contributed by atoms with Gasteiger partial charge in [-0.1, -0.05) is 37.3 Å². The van der Waals surface area contributed by atoms with Crippen LogP contribution in [0.5, 0.6) is 0 Å². The molecule has 0 N–H and O–H groups in total. The molecule has 0 unspecified atom stereocenters. The van der Waals surface area contributed by atoms with Crippen LogP contribution in [0.1, 0.15) is 35.9 Å². The van der Waals surface area contributed by atoms with Crippen molar-refractivity contribution in [3.63, 3.8) is 0 Å². The van der Waals surface area contributed by atoms with E-state index in [1.165, 1.54) is 4.52 Å². The van der Waals surface area contributed by atoms with Crippen LogP contribution < -0.4 is 0 Å². The Kier molecular flexibility index (Phi) is 5.01. The summed E-state index contributed by atoms with van der Waals surface area (Å²) in [6.07, 6.45) is 4.37. The smallest absolute Gasteiger partial charge is 0.293 e. The van der Waals surface area contributed by atoms with Gasteiger partial charge in [-0.3, -0.25) is 9.59 Å². The lowest BCUT2D eigenvalue weighted by Gasteiger charge is -2.31. The molecule has 28 heavy (non-hydrogen) atoms. The number of amides is 2. The molecule has 1 saturated heterocycles. The Labute approximate surface area is 162 Å². The summed E-state index contributed by atoms with van der Waals surface area (Å²) in [5, 5.41) is 4.23. The van der Waals surface area contributed by atoms with Crippen LogP contribution in [0.4, 0.5) is 0 Å². The van der Waals surface area contributed by atoms with Crippen LogP contribution in [0.15, 0.2) is 48.8 Å². The number of carbonyl (C=O) groups is 2. The van der Waals surface area contributed by atoms with E-state index in [0.29, 0.717) is 31.8 Å². The zero-order valence-corrected chi connectivity index (χ0v) is 15.7. The first-order valence-electron chi connectivity index (χ1n) is 9.45. The molecule has 1 aromatic carbocycles. The summed E-state index contributed by atoms with van der Waals surface area (Å²) in [6, 6.07) is 11.6. The maximum atomic E-state index is 13.0. The third-order valence-electron chi connectivity index (χ3n) is 5.05. The summed E-state index contributed by atoms with van der Waals surface area (Å²) in [5.41, 5.74) is 1.09. The van der Waals surface area contributed by atoms with Crippen LogP contribution >= 0.6 is 0 Å². The molecule has 0 saturated carbocycles. The summed E-state index contributed by atoms with van der Waals surface area (Å²) in [4.78, 5) is 37.7. The standard InChI is InChI=1S/C20H22N6O2/c1-2-16-14-24(19(28)18-22-20-21-10-6-11-26(20)23-18)12-9-17(27)25(16)13-15-7-4-3-5-8-15/h3-8,10-11,16H,2,9,12-14H2,1H3/t16-/m1/s1. The van der Waals surface area contributed by atoms with Crippen LogP contribution in [-0.4, -0.2) is 60.3 Å². The molecule has 8 heteroatoms. The monoisotopic (exact) mass is 378 g/mol. The topological polar surface area (TPSA) is 83.7 Å². The highest BCUT2D eigenvalue weighted by Gasteiger charge is 2.32. The summed E-state index contributed by atoms with van der Waals surface area (Å²) in [6.45, 7) is 3.42. The number of fused-ring (bicyclic) bond motifs is 1. The molecule has 4 rings (SSSR count).